The number of nitrogens with one attached hydrogen (secondary N) is 3. The highest BCUT2D eigenvalue weighted by Crippen LogP contribution is 2.25. The minimum absolute atomic E-state index is 0.0576. The first-order valence-corrected chi connectivity index (χ1v) is 9.68. The molecule has 146 valence electrons. The smallest absolute Gasteiger partial charge is 0.237 e. The number of aromatic nitrogens is 3. The lowest BCUT2D eigenvalue weighted by molar-refractivity contribution is -0.123. The largest absolute Gasteiger partial charge is 0.368 e. The number of anilines is 2. The van der Waals surface area contributed by atoms with Crippen molar-refractivity contribution in [3.63, 3.8) is 0 Å². The van der Waals surface area contributed by atoms with Crippen molar-refractivity contribution >= 4 is 28.7 Å². The van der Waals surface area contributed by atoms with Gasteiger partial charge in [-0.05, 0) is 44.9 Å². The van der Waals surface area contributed by atoms with E-state index in [0.29, 0.717) is 23.4 Å². The lowest BCUT2D eigenvalue weighted by Gasteiger charge is -2.32. The molecule has 2 aromatic heterocycles. The molecule has 8 heteroatoms. The van der Waals surface area contributed by atoms with Crippen molar-refractivity contribution < 1.29 is 4.79 Å². The second kappa shape index (κ2) is 8.47. The number of rotatable bonds is 8. The van der Waals surface area contributed by atoms with Crippen LogP contribution in [0.5, 0.6) is 0 Å². The molecule has 3 rings (SSSR count). The van der Waals surface area contributed by atoms with Crippen molar-refractivity contribution in [1.82, 2.24) is 25.6 Å². The molecular formula is C19H29N7O. The van der Waals surface area contributed by atoms with Crippen molar-refractivity contribution in [2.45, 2.75) is 57.5 Å². The number of amides is 1. The van der Waals surface area contributed by atoms with E-state index in [1.807, 2.05) is 12.1 Å². The number of carbonyl (C=O) groups excluding carboxylic acids is 1. The van der Waals surface area contributed by atoms with Gasteiger partial charge in [0.2, 0.25) is 11.9 Å². The summed E-state index contributed by atoms with van der Waals surface area (Å²) in [6.07, 6.45) is 6.64. The van der Waals surface area contributed by atoms with Crippen molar-refractivity contribution in [1.29, 1.82) is 0 Å². The number of pyridine rings is 1. The predicted molar refractivity (Wildman–Crippen MR) is 107 cm³/mol. The zero-order valence-corrected chi connectivity index (χ0v) is 16.1. The minimum atomic E-state index is -0.366. The fourth-order valence-corrected chi connectivity index (χ4v) is 3.43. The summed E-state index contributed by atoms with van der Waals surface area (Å²) in [5.74, 6) is 0.863. The molecule has 1 fully saturated rings. The van der Waals surface area contributed by atoms with Gasteiger partial charge in [0.05, 0.1) is 17.1 Å². The highest BCUT2D eigenvalue weighted by Gasteiger charge is 2.28. The van der Waals surface area contributed by atoms with Crippen molar-refractivity contribution in [3.8, 4) is 0 Å². The number of nitrogens with two attached hydrogens (primary N) is 1. The van der Waals surface area contributed by atoms with Gasteiger partial charge in [-0.2, -0.15) is 4.98 Å². The first kappa shape index (κ1) is 19.3. The van der Waals surface area contributed by atoms with Gasteiger partial charge in [0.1, 0.15) is 5.52 Å². The molecule has 0 bridgehead atoms. The third kappa shape index (κ3) is 4.82. The molecule has 1 aliphatic heterocycles. The molecule has 0 radical (unpaired) electrons. The average molecular weight is 371 g/mol. The first-order valence-electron chi connectivity index (χ1n) is 9.68. The third-order valence-electron chi connectivity index (χ3n) is 5.00. The Kier molecular flexibility index (Phi) is 6.05. The van der Waals surface area contributed by atoms with Gasteiger partial charge in [-0.1, -0.05) is 19.8 Å². The zero-order chi connectivity index (χ0) is 19.3. The lowest BCUT2D eigenvalue weighted by atomic mass is 9.94. The van der Waals surface area contributed by atoms with Gasteiger partial charge < -0.3 is 21.7 Å². The van der Waals surface area contributed by atoms with E-state index in [4.69, 9.17) is 5.73 Å². The summed E-state index contributed by atoms with van der Waals surface area (Å²) in [6.45, 7) is 5.66. The summed E-state index contributed by atoms with van der Waals surface area (Å²) in [4.78, 5) is 25.4. The molecule has 2 unspecified atom stereocenters. The van der Waals surface area contributed by atoms with Crippen LogP contribution < -0.4 is 21.7 Å². The van der Waals surface area contributed by atoms with E-state index in [9.17, 15) is 4.79 Å². The van der Waals surface area contributed by atoms with Crippen LogP contribution in [0, 0.1) is 0 Å². The highest BCUT2D eigenvalue weighted by molar-refractivity contribution is 5.86. The summed E-state index contributed by atoms with van der Waals surface area (Å²) < 4.78 is 0. The topological polar surface area (TPSA) is 118 Å². The summed E-state index contributed by atoms with van der Waals surface area (Å²) in [7, 11) is 0. The van der Waals surface area contributed by atoms with E-state index in [1.165, 1.54) is 0 Å². The maximum Gasteiger partial charge on any atom is 0.237 e. The number of nitrogen functional groups attached to an aromatic ring is 1. The van der Waals surface area contributed by atoms with Gasteiger partial charge in [0.15, 0.2) is 5.82 Å². The Balaban J connectivity index is 1.78. The van der Waals surface area contributed by atoms with Gasteiger partial charge in [-0.3, -0.25) is 9.78 Å². The van der Waals surface area contributed by atoms with Crippen molar-refractivity contribution in [3.05, 3.63) is 18.3 Å². The maximum absolute atomic E-state index is 12.4. The van der Waals surface area contributed by atoms with E-state index in [0.717, 1.165) is 38.6 Å². The second-order valence-electron chi connectivity index (χ2n) is 7.46. The van der Waals surface area contributed by atoms with Gasteiger partial charge in [0.25, 0.3) is 0 Å². The Bertz CT molecular complexity index is 791. The molecule has 1 saturated heterocycles. The number of hydrogen-bond donors (Lipinski definition) is 4. The van der Waals surface area contributed by atoms with Gasteiger partial charge >= 0.3 is 0 Å². The van der Waals surface area contributed by atoms with Crippen LogP contribution in [0.3, 0.4) is 0 Å². The highest BCUT2D eigenvalue weighted by atomic mass is 16.2. The molecule has 5 N–H and O–H groups in total. The quantitative estimate of drug-likeness (QED) is 0.559. The van der Waals surface area contributed by atoms with Crippen LogP contribution in [0.1, 0.15) is 46.0 Å². The Morgan fingerprint density at radius 2 is 2.30 bits per heavy atom. The van der Waals surface area contributed by atoms with Crippen LogP contribution in [0.4, 0.5) is 11.8 Å². The summed E-state index contributed by atoms with van der Waals surface area (Å²) >= 11 is 0. The SMILES string of the molecule is CCCCC(C)(CNC(=O)C1CCCN1)Nc1nc(N)nc2cccnc12. The molecule has 3 heterocycles. The van der Waals surface area contributed by atoms with Gasteiger partial charge in [-0.25, -0.2) is 4.98 Å². The molecule has 0 saturated carbocycles. The van der Waals surface area contributed by atoms with Crippen LogP contribution >= 0.6 is 0 Å². The standard InChI is InChI=1S/C19H29N7O/c1-3-4-9-19(2,12-23-17(27)14-8-6-10-21-14)26-16-15-13(7-5-11-22-15)24-18(20)25-16/h5,7,11,14,21H,3-4,6,8-10,12H2,1-2H3,(H,23,27)(H3,20,24,25,26). The Morgan fingerprint density at radius 1 is 1.44 bits per heavy atom. The van der Waals surface area contributed by atoms with Crippen LogP contribution in [-0.2, 0) is 4.79 Å². The molecule has 27 heavy (non-hydrogen) atoms. The zero-order valence-electron chi connectivity index (χ0n) is 16.1. The van der Waals surface area contributed by atoms with E-state index in [-0.39, 0.29) is 23.4 Å². The van der Waals surface area contributed by atoms with Gasteiger partial charge in [-0.15, -0.1) is 0 Å². The lowest BCUT2D eigenvalue weighted by Crippen LogP contribution is -2.50. The fraction of sp³-hybridized carbons (Fsp3) is 0.579. The summed E-state index contributed by atoms with van der Waals surface area (Å²) in [6, 6.07) is 3.60. The number of nitrogens with zero attached hydrogens (tertiary/aromatic N) is 3. The summed E-state index contributed by atoms with van der Waals surface area (Å²) in [5.41, 5.74) is 6.89. The molecule has 8 nitrogen and oxygen atoms in total. The van der Waals surface area contributed by atoms with E-state index >= 15 is 0 Å². The van der Waals surface area contributed by atoms with Gasteiger partial charge in [0, 0.05) is 12.7 Å². The molecular weight excluding hydrogens is 342 g/mol. The van der Waals surface area contributed by atoms with E-state index < -0.39 is 0 Å². The van der Waals surface area contributed by atoms with Crippen molar-refractivity contribution in [2.24, 2.45) is 0 Å². The second-order valence-corrected chi connectivity index (χ2v) is 7.46. The molecule has 0 spiro atoms. The molecule has 2 aromatic rings. The van der Waals surface area contributed by atoms with E-state index in [2.05, 4.69) is 44.7 Å². The summed E-state index contributed by atoms with van der Waals surface area (Å²) in [5, 5.41) is 9.83. The predicted octanol–water partition coefficient (Wildman–Crippen LogP) is 1.84. The Labute approximate surface area is 159 Å². The average Bonchev–Trinajstić information content (AvgIpc) is 3.19. The monoisotopic (exact) mass is 371 g/mol. The first-order chi connectivity index (χ1) is 13.0. The molecule has 1 amide bonds. The molecule has 2 atom stereocenters. The molecule has 0 aromatic carbocycles. The third-order valence-corrected chi connectivity index (χ3v) is 5.00. The number of unbranched alkanes of at least 4 members (excludes halogenated alkanes) is 1. The Hall–Kier alpha value is -2.48. The van der Waals surface area contributed by atoms with Crippen LogP contribution in [0.2, 0.25) is 0 Å². The number of carbonyl (C=O) groups is 1. The Morgan fingerprint density at radius 3 is 3.04 bits per heavy atom. The van der Waals surface area contributed by atoms with Crippen molar-refractivity contribution in [2.75, 3.05) is 24.1 Å². The number of hydrogen-bond acceptors (Lipinski definition) is 7. The van der Waals surface area contributed by atoms with Crippen LogP contribution in [-0.4, -0.2) is 45.5 Å². The molecule has 0 aliphatic carbocycles. The van der Waals surface area contributed by atoms with Crippen LogP contribution in [0.15, 0.2) is 18.3 Å². The maximum atomic E-state index is 12.4. The number of fused-ring (bicyclic) bond motifs is 1. The fourth-order valence-electron chi connectivity index (χ4n) is 3.43. The normalized spacial score (nSPS) is 19.0. The van der Waals surface area contributed by atoms with E-state index in [1.54, 1.807) is 6.20 Å². The minimum Gasteiger partial charge on any atom is -0.368 e. The molecule has 1 aliphatic rings. The van der Waals surface area contributed by atoms with Crippen LogP contribution in [0.25, 0.3) is 11.0 Å².